The van der Waals surface area contributed by atoms with E-state index < -0.39 is 0 Å². The van der Waals surface area contributed by atoms with Gasteiger partial charge in [-0.15, -0.1) is 11.3 Å². The number of ether oxygens (including phenoxy) is 1. The van der Waals surface area contributed by atoms with Crippen LogP contribution in [0.25, 0.3) is 22.5 Å². The van der Waals surface area contributed by atoms with Crippen molar-refractivity contribution in [3.63, 3.8) is 0 Å². The van der Waals surface area contributed by atoms with Gasteiger partial charge in [0.05, 0.1) is 17.1 Å². The zero-order chi connectivity index (χ0) is 60.9. The van der Waals surface area contributed by atoms with Crippen molar-refractivity contribution in [1.29, 1.82) is 0 Å². The smallest absolute Gasteiger partial charge is 0.270 e. The molecule has 0 amide bonds. The molecule has 6 nitrogen and oxygen atoms in total. The van der Waals surface area contributed by atoms with E-state index in [9.17, 15) is 0 Å². The van der Waals surface area contributed by atoms with Crippen LogP contribution in [-0.2, 0) is 32.5 Å². The Morgan fingerprint density at radius 2 is 0.830 bits per heavy atom. The number of benzene rings is 6. The van der Waals surface area contributed by atoms with Gasteiger partial charge in [-0.3, -0.25) is 9.80 Å². The van der Waals surface area contributed by atoms with Crippen molar-refractivity contribution in [3.05, 3.63) is 196 Å². The molecule has 0 saturated carbocycles. The Labute approximate surface area is 529 Å². The first-order valence-electron chi connectivity index (χ1n) is 32.0. The fourth-order valence-corrected chi connectivity index (χ4v) is 18.1. The van der Waals surface area contributed by atoms with Gasteiger partial charge in [-0.25, -0.2) is 9.97 Å². The minimum Gasteiger partial charge on any atom is -0.457 e. The highest BCUT2D eigenvalue weighted by Crippen LogP contribution is 2.53. The third kappa shape index (κ3) is 8.39. The lowest BCUT2D eigenvalue weighted by atomic mass is 9.33. The number of rotatable bonds is 5. The molecule has 0 spiro atoms. The van der Waals surface area contributed by atoms with Crippen LogP contribution in [0.15, 0.2) is 164 Å². The van der Waals surface area contributed by atoms with Gasteiger partial charge in [-0.05, 0) is 170 Å². The predicted octanol–water partition coefficient (Wildman–Crippen LogP) is 17.7. The molecule has 0 saturated heterocycles. The van der Waals surface area contributed by atoms with Crippen LogP contribution in [0, 0.1) is 0 Å². The molecule has 10 heteroatoms. The van der Waals surface area contributed by atoms with Gasteiger partial charge in [-0.2, -0.15) is 11.3 Å². The summed E-state index contributed by atoms with van der Waals surface area (Å²) in [5.41, 5.74) is 22.6. The molecule has 0 atom stereocenters. The molecule has 6 aromatic carbocycles. The molecule has 16 rings (SSSR count). The number of pyridine rings is 2. The number of hydrogen-bond acceptors (Lipinski definition) is 8. The highest BCUT2D eigenvalue weighted by atomic mass is 32.1. The fourth-order valence-electron chi connectivity index (χ4n) is 15.5. The maximum atomic E-state index is 7.41. The molecule has 4 aliphatic heterocycles. The third-order valence-electron chi connectivity index (χ3n) is 20.8. The Morgan fingerprint density at radius 1 is 0.398 bits per heavy atom. The van der Waals surface area contributed by atoms with Crippen molar-refractivity contribution in [2.45, 2.75) is 155 Å². The van der Waals surface area contributed by atoms with E-state index in [2.05, 4.69) is 275 Å². The summed E-state index contributed by atoms with van der Waals surface area (Å²) in [5.74, 6) is 3.67. The number of para-hydroxylation sites is 3. The minimum atomic E-state index is -0.165. The second kappa shape index (κ2) is 18.9. The molecular formula is C78H77B2N5OS2. The highest BCUT2D eigenvalue weighted by molar-refractivity contribution is 7.30. The SMILES string of the molecule is CC(C)(C)c1cc2c(s1)B1c3cc4c(cc3N(c3ccccc3)c3nc(-c5ccc6c(c5)C(C)(C)CCC6(C)C)cc(c31)O2)N(c1ccccc1)c1nc(-c2ccc3c(c2)C(C)(C)CCC3(C)C)cc2c1B4c1sc(C(C)(C)C)cc1N2c1ccccc1. The third-order valence-corrected chi connectivity index (χ3v) is 24.0. The number of anilines is 9. The molecule has 438 valence electrons. The van der Waals surface area contributed by atoms with Crippen molar-refractivity contribution in [2.24, 2.45) is 0 Å². The van der Waals surface area contributed by atoms with Crippen molar-refractivity contribution in [3.8, 4) is 34.0 Å². The first kappa shape index (κ1) is 55.6. The van der Waals surface area contributed by atoms with Gasteiger partial charge in [0.2, 0.25) is 0 Å². The first-order chi connectivity index (χ1) is 41.8. The Hall–Kier alpha value is -7.65. The number of nitrogens with zero attached hydrogens (tertiary/aromatic N) is 5. The molecule has 6 aliphatic rings. The topological polar surface area (TPSA) is 44.7 Å². The first-order valence-corrected chi connectivity index (χ1v) is 33.6. The Balaban J connectivity index is 1.01. The van der Waals surface area contributed by atoms with Crippen LogP contribution < -0.4 is 50.8 Å². The van der Waals surface area contributed by atoms with Crippen LogP contribution in [0.2, 0.25) is 0 Å². The quantitative estimate of drug-likeness (QED) is 0.160. The Kier molecular flexibility index (Phi) is 12.0. The zero-order valence-electron chi connectivity index (χ0n) is 53.5. The van der Waals surface area contributed by atoms with Gasteiger partial charge in [0.25, 0.3) is 13.4 Å². The molecule has 10 aromatic rings. The van der Waals surface area contributed by atoms with E-state index in [-0.39, 0.29) is 45.9 Å². The van der Waals surface area contributed by atoms with E-state index in [1.807, 2.05) is 22.7 Å². The summed E-state index contributed by atoms with van der Waals surface area (Å²) < 4.78 is 9.97. The maximum absolute atomic E-state index is 7.41. The van der Waals surface area contributed by atoms with Gasteiger partial charge >= 0.3 is 0 Å². The molecule has 0 bridgehead atoms. The van der Waals surface area contributed by atoms with Crippen molar-refractivity contribution in [1.82, 2.24) is 9.97 Å². The minimum absolute atomic E-state index is 0.0183. The average Bonchev–Trinajstić information content (AvgIpc) is 1.12. The van der Waals surface area contributed by atoms with Crippen LogP contribution in [-0.4, -0.2) is 23.4 Å². The summed E-state index contributed by atoms with van der Waals surface area (Å²) >= 11 is 3.88. The molecule has 0 unspecified atom stereocenters. The Morgan fingerprint density at radius 3 is 1.33 bits per heavy atom. The highest BCUT2D eigenvalue weighted by Gasteiger charge is 2.51. The summed E-state index contributed by atoms with van der Waals surface area (Å²) in [6, 6.07) is 62.2. The van der Waals surface area contributed by atoms with Crippen molar-refractivity contribution < 1.29 is 4.74 Å². The fraction of sp³-hybridized carbons (Fsp3) is 0.308. The molecule has 0 N–H and O–H groups in total. The van der Waals surface area contributed by atoms with Crippen molar-refractivity contribution in [2.75, 3.05) is 14.7 Å². The summed E-state index contributed by atoms with van der Waals surface area (Å²) in [6.07, 6.45) is 4.59. The predicted molar refractivity (Wildman–Crippen MR) is 377 cm³/mol. The van der Waals surface area contributed by atoms with Crippen LogP contribution in [0.4, 0.5) is 51.4 Å². The average molecular weight is 1190 g/mol. The Bertz CT molecular complexity index is 4550. The molecule has 4 aromatic heterocycles. The lowest BCUT2D eigenvalue weighted by Gasteiger charge is -2.44. The zero-order valence-corrected chi connectivity index (χ0v) is 55.2. The van der Waals surface area contributed by atoms with Gasteiger partial charge in [-0.1, -0.05) is 182 Å². The van der Waals surface area contributed by atoms with Gasteiger partial charge in [0.15, 0.2) is 0 Å². The monoisotopic (exact) mass is 1190 g/mol. The normalized spacial score (nSPS) is 17.6. The molecule has 8 heterocycles. The van der Waals surface area contributed by atoms with Crippen molar-refractivity contribution >= 4 is 119 Å². The van der Waals surface area contributed by atoms with Crippen LogP contribution in [0.1, 0.15) is 155 Å². The second-order valence-corrected chi connectivity index (χ2v) is 32.9. The molecular weight excluding hydrogens is 1110 g/mol. The van der Waals surface area contributed by atoms with Gasteiger partial charge < -0.3 is 9.64 Å². The van der Waals surface area contributed by atoms with E-state index in [4.69, 9.17) is 14.7 Å². The molecule has 88 heavy (non-hydrogen) atoms. The van der Waals surface area contributed by atoms with E-state index in [1.165, 1.54) is 63.6 Å². The van der Waals surface area contributed by atoms with Crippen LogP contribution in [0.3, 0.4) is 0 Å². The lowest BCUT2D eigenvalue weighted by Crippen LogP contribution is -2.64. The molecule has 2 aliphatic carbocycles. The van der Waals surface area contributed by atoms with Gasteiger partial charge in [0, 0.05) is 76.1 Å². The van der Waals surface area contributed by atoms with Crippen LogP contribution in [0.5, 0.6) is 11.5 Å². The van der Waals surface area contributed by atoms with E-state index in [0.29, 0.717) is 0 Å². The summed E-state index contributed by atoms with van der Waals surface area (Å²) in [4.78, 5) is 22.3. The number of hydrogen-bond donors (Lipinski definition) is 0. The largest absolute Gasteiger partial charge is 0.457 e. The number of aromatic nitrogens is 2. The van der Waals surface area contributed by atoms with E-state index in [1.54, 1.807) is 0 Å². The van der Waals surface area contributed by atoms with E-state index in [0.717, 1.165) is 111 Å². The second-order valence-electron chi connectivity index (χ2n) is 30.7. The molecule has 0 radical (unpaired) electrons. The summed E-state index contributed by atoms with van der Waals surface area (Å²) in [7, 11) is 0. The van der Waals surface area contributed by atoms with Gasteiger partial charge in [0.1, 0.15) is 23.1 Å². The number of thiophene rings is 2. The number of fused-ring (bicyclic) bond motifs is 10. The lowest BCUT2D eigenvalue weighted by molar-refractivity contribution is 0.332. The molecule has 0 fully saturated rings. The van der Waals surface area contributed by atoms with Crippen LogP contribution >= 0.6 is 22.7 Å². The standard InChI is InChI=1S/C78H77B2N5OS2/c1-73(2,3)65-44-62-69(87-65)79-55-40-56-60(43-59(55)84(49-26-20-16-21-27-49)71-67(79)61(83(62)48-24-18-15-19-25-48)41-57(81-71)46-30-32-51-53(38-46)77(11,12)36-34-75(51,7)8)85(50-28-22-17-23-29-50)72-68-63(86-64-45-66(74(4,5)6)88-70(64)80(56)68)42-58(82-72)47-31-33-52-54(39-47)78(13,14)37-35-76(52,9)10/h15-33,38-45H,34-37H2,1-14H3. The summed E-state index contributed by atoms with van der Waals surface area (Å²) in [6.45, 7) is 33.1. The maximum Gasteiger partial charge on any atom is 0.270 e. The summed E-state index contributed by atoms with van der Waals surface area (Å²) in [5, 5.41) is 0. The van der Waals surface area contributed by atoms with E-state index >= 15 is 0 Å².